The van der Waals surface area contributed by atoms with Crippen molar-refractivity contribution in [3.63, 3.8) is 0 Å². The molecule has 0 saturated carbocycles. The summed E-state index contributed by atoms with van der Waals surface area (Å²) >= 11 is 0. The number of nitrogens with zero attached hydrogens (tertiary/aromatic N) is 3. The highest BCUT2D eigenvalue weighted by molar-refractivity contribution is 6.07. The Morgan fingerprint density at radius 2 is 1.89 bits per heavy atom. The zero-order chi connectivity index (χ0) is 27.1. The molecule has 0 amide bonds. The first-order chi connectivity index (χ1) is 17.7. The van der Waals surface area contributed by atoms with Gasteiger partial charge >= 0.3 is 0 Å². The number of carbonyl (C=O) groups is 1. The molecule has 2 aromatic carbocycles. The highest BCUT2D eigenvalue weighted by Gasteiger charge is 2.27. The van der Waals surface area contributed by atoms with E-state index in [2.05, 4.69) is 10.4 Å². The average molecular weight is 511 g/mol. The number of para-hydroxylation sites is 1. The van der Waals surface area contributed by atoms with Crippen LogP contribution in [0.25, 0.3) is 11.3 Å². The lowest BCUT2D eigenvalue weighted by Crippen LogP contribution is -2.46. The molecule has 1 saturated heterocycles. The summed E-state index contributed by atoms with van der Waals surface area (Å²) in [5.41, 5.74) is 3.75. The first-order valence-electron chi connectivity index (χ1n) is 11.9. The summed E-state index contributed by atoms with van der Waals surface area (Å²) in [7, 11) is 3.27. The molecular formula is C27H32F2N6O2. The Morgan fingerprint density at radius 1 is 1.19 bits per heavy atom. The van der Waals surface area contributed by atoms with E-state index in [4.69, 9.17) is 15.6 Å². The third-order valence-electron chi connectivity index (χ3n) is 6.07. The average Bonchev–Trinajstić information content (AvgIpc) is 3.26. The van der Waals surface area contributed by atoms with E-state index in [1.165, 1.54) is 25.2 Å². The summed E-state index contributed by atoms with van der Waals surface area (Å²) in [5.74, 6) is -0.601. The topological polar surface area (TPSA) is 107 Å². The van der Waals surface area contributed by atoms with Crippen molar-refractivity contribution in [1.82, 2.24) is 14.7 Å². The van der Waals surface area contributed by atoms with Crippen molar-refractivity contribution in [3.8, 4) is 11.3 Å². The van der Waals surface area contributed by atoms with Gasteiger partial charge in [0, 0.05) is 31.8 Å². The first-order valence-corrected chi connectivity index (χ1v) is 11.9. The predicted octanol–water partition coefficient (Wildman–Crippen LogP) is 5.37. The van der Waals surface area contributed by atoms with Crippen LogP contribution in [0, 0.1) is 29.4 Å². The van der Waals surface area contributed by atoms with Crippen LogP contribution in [0.15, 0.2) is 42.5 Å². The van der Waals surface area contributed by atoms with E-state index >= 15 is 0 Å². The Hall–Kier alpha value is -3.92. The Balaban J connectivity index is 0.000000319. The lowest BCUT2D eigenvalue weighted by molar-refractivity contribution is -0.0331. The van der Waals surface area contributed by atoms with Gasteiger partial charge in [0.25, 0.3) is 0 Å². The number of amidine groups is 2. The van der Waals surface area contributed by atoms with Gasteiger partial charge in [0.2, 0.25) is 0 Å². The molecule has 2 heterocycles. The normalized spacial score (nSPS) is 14.8. The Morgan fingerprint density at radius 3 is 2.41 bits per heavy atom. The van der Waals surface area contributed by atoms with Crippen LogP contribution in [-0.4, -0.2) is 52.5 Å². The number of anilines is 1. The van der Waals surface area contributed by atoms with Crippen LogP contribution in [0.3, 0.4) is 0 Å². The zero-order valence-electron chi connectivity index (χ0n) is 21.4. The maximum atomic E-state index is 12.5. The summed E-state index contributed by atoms with van der Waals surface area (Å²) in [6, 6.07) is 11.2. The quantitative estimate of drug-likeness (QED) is 0.243. The molecule has 0 bridgehead atoms. The van der Waals surface area contributed by atoms with Gasteiger partial charge < -0.3 is 10.1 Å². The molecular weight excluding hydrogens is 478 g/mol. The van der Waals surface area contributed by atoms with Gasteiger partial charge in [0.15, 0.2) is 6.29 Å². The number of aromatic nitrogens is 2. The molecule has 10 heteroatoms. The van der Waals surface area contributed by atoms with E-state index < -0.39 is 11.6 Å². The number of benzene rings is 2. The third-order valence-corrected chi connectivity index (χ3v) is 6.07. The number of rotatable bonds is 5. The number of aldehydes is 1. The molecule has 37 heavy (non-hydrogen) atoms. The summed E-state index contributed by atoms with van der Waals surface area (Å²) in [5, 5.41) is 23.4. The molecule has 1 fully saturated rings. The molecule has 8 nitrogen and oxygen atoms in total. The van der Waals surface area contributed by atoms with Crippen molar-refractivity contribution in [2.24, 2.45) is 7.05 Å². The molecule has 0 aliphatic carbocycles. The van der Waals surface area contributed by atoms with Crippen LogP contribution in [0.2, 0.25) is 0 Å². The second-order valence-corrected chi connectivity index (χ2v) is 8.70. The molecule has 1 aromatic heterocycles. The molecule has 4 rings (SSSR count). The number of hydrogen-bond donors (Lipinski definition) is 3. The van der Waals surface area contributed by atoms with E-state index in [-0.39, 0.29) is 23.6 Å². The largest absolute Gasteiger partial charge is 0.383 e. The molecule has 1 atom stereocenters. The van der Waals surface area contributed by atoms with Gasteiger partial charge in [-0.3, -0.25) is 25.2 Å². The number of hydrogen-bond acceptors (Lipinski definition) is 6. The summed E-state index contributed by atoms with van der Waals surface area (Å²) in [6.45, 7) is 4.32. The number of ether oxygens (including phenoxy) is 1. The number of carbonyl (C=O) groups excluding carboxylic acids is 1. The highest BCUT2D eigenvalue weighted by atomic mass is 19.1. The lowest BCUT2D eigenvalue weighted by atomic mass is 10.0. The van der Waals surface area contributed by atoms with Crippen LogP contribution in [0.4, 0.5) is 14.5 Å². The van der Waals surface area contributed by atoms with E-state index in [0.29, 0.717) is 17.9 Å². The molecule has 0 radical (unpaired) electrons. The van der Waals surface area contributed by atoms with Crippen molar-refractivity contribution in [2.45, 2.75) is 39.3 Å². The van der Waals surface area contributed by atoms with Gasteiger partial charge in [0.05, 0.1) is 5.69 Å². The highest BCUT2D eigenvalue weighted by Crippen LogP contribution is 2.27. The number of aryl methyl sites for hydroxylation is 2. The van der Waals surface area contributed by atoms with E-state index in [1.54, 1.807) is 29.6 Å². The van der Waals surface area contributed by atoms with Crippen LogP contribution < -0.4 is 5.32 Å². The van der Waals surface area contributed by atoms with Crippen LogP contribution in [-0.2, 0) is 11.8 Å². The zero-order valence-corrected chi connectivity index (χ0v) is 21.4. The van der Waals surface area contributed by atoms with Gasteiger partial charge in [-0.2, -0.15) is 5.10 Å². The second-order valence-electron chi connectivity index (χ2n) is 8.70. The number of nitrogens with one attached hydrogen (secondary N) is 3. The van der Waals surface area contributed by atoms with Crippen molar-refractivity contribution >= 4 is 23.6 Å². The maximum Gasteiger partial charge on any atom is 0.170 e. The maximum absolute atomic E-state index is 12.5. The fourth-order valence-corrected chi connectivity index (χ4v) is 4.18. The lowest BCUT2D eigenvalue weighted by Gasteiger charge is -2.35. The Kier molecular flexibility index (Phi) is 9.24. The SMILES string of the molecule is CC(=N)N(C(=N)c1ccc(C)c(-c2cc(C=O)nn2C)c1)C1CCCCO1.CNc1c(F)cccc1F. The fourth-order valence-electron chi connectivity index (χ4n) is 4.18. The van der Waals surface area contributed by atoms with Crippen molar-refractivity contribution in [2.75, 3.05) is 19.0 Å². The van der Waals surface area contributed by atoms with Crippen LogP contribution >= 0.6 is 0 Å². The standard InChI is InChI=1S/C20H25N5O2.C7H7F2N/c1-13-7-8-15(10-17(13)18-11-16(12-26)23-24(18)3)20(22)25(14(2)21)19-6-4-5-9-27-19;1-10-7-5(8)3-2-4-6(7)9/h7-8,10-12,19,21-22H,4-6,9H2,1-3H3;2-4,10H,1H3. The van der Waals surface area contributed by atoms with Crippen LogP contribution in [0.5, 0.6) is 0 Å². The predicted molar refractivity (Wildman–Crippen MR) is 140 cm³/mol. The summed E-state index contributed by atoms with van der Waals surface area (Å²) in [4.78, 5) is 12.7. The molecule has 3 aromatic rings. The van der Waals surface area contributed by atoms with Crippen molar-refractivity contribution in [1.29, 1.82) is 10.8 Å². The fraction of sp³-hybridized carbons (Fsp3) is 0.333. The van der Waals surface area contributed by atoms with E-state index in [0.717, 1.165) is 42.4 Å². The van der Waals surface area contributed by atoms with E-state index in [1.807, 2.05) is 25.1 Å². The Labute approximate surface area is 215 Å². The smallest absolute Gasteiger partial charge is 0.170 e. The minimum atomic E-state index is -0.567. The second kappa shape index (κ2) is 12.4. The van der Waals surface area contributed by atoms with Gasteiger partial charge in [-0.05, 0) is 62.9 Å². The molecule has 1 aliphatic rings. The molecule has 1 unspecified atom stereocenters. The van der Waals surface area contributed by atoms with Gasteiger partial charge in [-0.15, -0.1) is 0 Å². The summed E-state index contributed by atoms with van der Waals surface area (Å²) < 4.78 is 32.6. The van der Waals surface area contributed by atoms with Crippen molar-refractivity contribution in [3.05, 3.63) is 70.9 Å². The van der Waals surface area contributed by atoms with E-state index in [9.17, 15) is 13.6 Å². The number of halogens is 2. The molecule has 3 N–H and O–H groups in total. The van der Waals surface area contributed by atoms with Crippen LogP contribution in [0.1, 0.15) is 47.8 Å². The first kappa shape index (κ1) is 27.7. The van der Waals surface area contributed by atoms with Crippen molar-refractivity contribution < 1.29 is 18.3 Å². The Bertz CT molecular complexity index is 1260. The minimum Gasteiger partial charge on any atom is -0.383 e. The van der Waals surface area contributed by atoms with Gasteiger partial charge in [-0.25, -0.2) is 8.78 Å². The van der Waals surface area contributed by atoms with Gasteiger partial charge in [-0.1, -0.05) is 18.2 Å². The molecule has 196 valence electrons. The third kappa shape index (κ3) is 6.45. The summed E-state index contributed by atoms with van der Waals surface area (Å²) in [6.07, 6.45) is 3.31. The minimum absolute atomic E-state index is 0.0810. The molecule has 1 aliphatic heterocycles. The monoisotopic (exact) mass is 510 g/mol. The molecule has 0 spiro atoms. The van der Waals surface area contributed by atoms with Gasteiger partial charge in [0.1, 0.15) is 40.9 Å².